The Kier molecular flexibility index (Phi) is 5.42. The van der Waals surface area contributed by atoms with Crippen molar-refractivity contribution in [1.29, 1.82) is 0 Å². The number of carbonyl (C=O) groups is 1. The Balaban J connectivity index is 1.88. The van der Waals surface area contributed by atoms with Crippen molar-refractivity contribution in [3.8, 4) is 5.75 Å². The quantitative estimate of drug-likeness (QED) is 0.568. The molecule has 0 radical (unpaired) electrons. The van der Waals surface area contributed by atoms with Gasteiger partial charge < -0.3 is 15.4 Å². The van der Waals surface area contributed by atoms with Crippen LogP contribution in [0.2, 0.25) is 0 Å². The molecule has 0 aromatic heterocycles. The van der Waals surface area contributed by atoms with Crippen LogP contribution in [0.4, 0.5) is 10.5 Å². The summed E-state index contributed by atoms with van der Waals surface area (Å²) in [5.74, 6) is 0.631. The Labute approximate surface area is 140 Å². The number of hydrogen-bond acceptors (Lipinski definition) is 4. The molecule has 7 nitrogen and oxygen atoms in total. The molecule has 0 saturated heterocycles. The van der Waals surface area contributed by atoms with Crippen LogP contribution in [0, 0.1) is 13.8 Å². The smallest absolute Gasteiger partial charge is 0.321 e. The molecule has 0 unspecified atom stereocenters. The van der Waals surface area contributed by atoms with Crippen molar-refractivity contribution in [2.24, 2.45) is 0 Å². The summed E-state index contributed by atoms with van der Waals surface area (Å²) < 4.78 is 36.5. The monoisotopic (exact) mass is 350 g/mol. The SMILES string of the molecule is Cc1ccc(OCNC(=O)Nc2cccc(S(=O)(=O)O)c2)cc1C. The fourth-order valence-electron chi connectivity index (χ4n) is 1.90. The maximum Gasteiger partial charge on any atom is 0.321 e. The lowest BCUT2D eigenvalue weighted by Crippen LogP contribution is -2.32. The molecule has 24 heavy (non-hydrogen) atoms. The Morgan fingerprint density at radius 1 is 1.12 bits per heavy atom. The van der Waals surface area contributed by atoms with E-state index in [9.17, 15) is 13.2 Å². The normalized spacial score (nSPS) is 11.0. The highest BCUT2D eigenvalue weighted by Crippen LogP contribution is 2.16. The molecule has 128 valence electrons. The highest BCUT2D eigenvalue weighted by atomic mass is 32.2. The molecule has 0 aliphatic rings. The predicted octanol–water partition coefficient (Wildman–Crippen LogP) is 2.71. The van der Waals surface area contributed by atoms with Gasteiger partial charge in [0.2, 0.25) is 0 Å². The molecular weight excluding hydrogens is 332 g/mol. The Hall–Kier alpha value is -2.58. The van der Waals surface area contributed by atoms with E-state index in [0.717, 1.165) is 17.2 Å². The van der Waals surface area contributed by atoms with Crippen LogP contribution in [-0.2, 0) is 10.1 Å². The largest absolute Gasteiger partial charge is 0.473 e. The second-order valence-corrected chi connectivity index (χ2v) is 6.59. The molecule has 0 spiro atoms. The average Bonchev–Trinajstić information content (AvgIpc) is 2.50. The predicted molar refractivity (Wildman–Crippen MR) is 89.8 cm³/mol. The zero-order valence-corrected chi connectivity index (χ0v) is 14.1. The molecule has 2 aromatic carbocycles. The van der Waals surface area contributed by atoms with E-state index in [2.05, 4.69) is 10.6 Å². The summed E-state index contributed by atoms with van der Waals surface area (Å²) in [5, 5.41) is 4.94. The van der Waals surface area contributed by atoms with E-state index < -0.39 is 16.1 Å². The number of urea groups is 1. The van der Waals surface area contributed by atoms with Gasteiger partial charge in [0.1, 0.15) is 5.75 Å². The Morgan fingerprint density at radius 2 is 1.88 bits per heavy atom. The molecule has 2 amide bonds. The van der Waals surface area contributed by atoms with Crippen LogP contribution in [0.25, 0.3) is 0 Å². The summed E-state index contributed by atoms with van der Waals surface area (Å²) in [6.45, 7) is 3.91. The van der Waals surface area contributed by atoms with Crippen molar-refractivity contribution >= 4 is 21.8 Å². The summed E-state index contributed by atoms with van der Waals surface area (Å²) in [7, 11) is -4.32. The lowest BCUT2D eigenvalue weighted by atomic mass is 10.1. The maximum absolute atomic E-state index is 11.8. The third-order valence-electron chi connectivity index (χ3n) is 3.34. The molecule has 0 fully saturated rings. The van der Waals surface area contributed by atoms with Crippen LogP contribution >= 0.6 is 0 Å². The molecule has 0 saturated carbocycles. The van der Waals surface area contributed by atoms with Gasteiger partial charge >= 0.3 is 6.03 Å². The number of amides is 2. The third kappa shape index (κ3) is 4.97. The number of ether oxygens (including phenoxy) is 1. The number of rotatable bonds is 5. The second kappa shape index (κ2) is 7.33. The van der Waals surface area contributed by atoms with E-state index in [1.807, 2.05) is 26.0 Å². The van der Waals surface area contributed by atoms with Gasteiger partial charge in [-0.15, -0.1) is 0 Å². The van der Waals surface area contributed by atoms with Crippen LogP contribution in [0.3, 0.4) is 0 Å². The fourth-order valence-corrected chi connectivity index (χ4v) is 2.42. The first-order valence-corrected chi connectivity index (χ1v) is 8.52. The molecular formula is C16H18N2O5S. The molecule has 8 heteroatoms. The van der Waals surface area contributed by atoms with Gasteiger partial charge in [-0.3, -0.25) is 4.55 Å². The number of benzene rings is 2. The molecule has 0 aliphatic heterocycles. The standard InChI is InChI=1S/C16H18N2O5S/c1-11-6-7-14(8-12(11)2)23-10-17-16(19)18-13-4-3-5-15(9-13)24(20,21)22/h3-9H,10H2,1-2H3,(H2,17,18,19)(H,20,21,22). The molecule has 2 aromatic rings. The van der Waals surface area contributed by atoms with Crippen molar-refractivity contribution < 1.29 is 22.5 Å². The van der Waals surface area contributed by atoms with Gasteiger partial charge in [0.05, 0.1) is 4.90 Å². The summed E-state index contributed by atoms with van der Waals surface area (Å²) in [4.78, 5) is 11.5. The first kappa shape index (κ1) is 17.8. The topological polar surface area (TPSA) is 105 Å². The molecule has 3 N–H and O–H groups in total. The van der Waals surface area contributed by atoms with Crippen molar-refractivity contribution in [2.45, 2.75) is 18.7 Å². The molecule has 0 atom stereocenters. The Bertz CT molecular complexity index is 849. The van der Waals surface area contributed by atoms with Gasteiger partial charge in [-0.25, -0.2) is 4.79 Å². The van der Waals surface area contributed by atoms with Crippen LogP contribution in [0.15, 0.2) is 47.4 Å². The van der Waals surface area contributed by atoms with E-state index in [-0.39, 0.29) is 17.3 Å². The van der Waals surface area contributed by atoms with Gasteiger partial charge in [0, 0.05) is 5.69 Å². The van der Waals surface area contributed by atoms with Gasteiger partial charge in [-0.05, 0) is 55.3 Å². The number of aryl methyl sites for hydroxylation is 2. The summed E-state index contributed by atoms with van der Waals surface area (Å²) in [5.41, 5.74) is 2.46. The van der Waals surface area contributed by atoms with Crippen molar-refractivity contribution in [3.05, 3.63) is 53.6 Å². The van der Waals surface area contributed by atoms with E-state index in [0.29, 0.717) is 5.75 Å². The van der Waals surface area contributed by atoms with Crippen LogP contribution in [0.1, 0.15) is 11.1 Å². The molecule has 0 aliphatic carbocycles. The number of hydrogen-bond donors (Lipinski definition) is 3. The first-order valence-electron chi connectivity index (χ1n) is 7.08. The van der Waals surface area contributed by atoms with Gasteiger partial charge in [0.15, 0.2) is 6.73 Å². The highest BCUT2D eigenvalue weighted by Gasteiger charge is 2.10. The van der Waals surface area contributed by atoms with Crippen molar-refractivity contribution in [2.75, 3.05) is 12.0 Å². The first-order chi connectivity index (χ1) is 11.3. The minimum absolute atomic E-state index is 0.0493. The van der Waals surface area contributed by atoms with E-state index >= 15 is 0 Å². The van der Waals surface area contributed by atoms with Gasteiger partial charge in [-0.1, -0.05) is 12.1 Å². The minimum atomic E-state index is -4.32. The lowest BCUT2D eigenvalue weighted by Gasteiger charge is -2.11. The lowest BCUT2D eigenvalue weighted by molar-refractivity contribution is 0.234. The zero-order valence-electron chi connectivity index (χ0n) is 13.2. The number of carbonyl (C=O) groups excluding carboxylic acids is 1. The second-order valence-electron chi connectivity index (χ2n) is 5.17. The molecule has 0 heterocycles. The van der Waals surface area contributed by atoms with Crippen LogP contribution in [0.5, 0.6) is 5.75 Å². The highest BCUT2D eigenvalue weighted by molar-refractivity contribution is 7.85. The van der Waals surface area contributed by atoms with Crippen molar-refractivity contribution in [3.63, 3.8) is 0 Å². The summed E-state index contributed by atoms with van der Waals surface area (Å²) in [6.07, 6.45) is 0. The van der Waals surface area contributed by atoms with Gasteiger partial charge in [0.25, 0.3) is 10.1 Å². The van der Waals surface area contributed by atoms with E-state index in [4.69, 9.17) is 9.29 Å². The maximum atomic E-state index is 11.8. The summed E-state index contributed by atoms with van der Waals surface area (Å²) in [6, 6.07) is 10.3. The van der Waals surface area contributed by atoms with Crippen LogP contribution < -0.4 is 15.4 Å². The van der Waals surface area contributed by atoms with Gasteiger partial charge in [-0.2, -0.15) is 8.42 Å². The number of anilines is 1. The third-order valence-corrected chi connectivity index (χ3v) is 4.19. The van der Waals surface area contributed by atoms with E-state index in [1.165, 1.54) is 18.2 Å². The van der Waals surface area contributed by atoms with Crippen molar-refractivity contribution in [1.82, 2.24) is 5.32 Å². The summed E-state index contributed by atoms with van der Waals surface area (Å²) >= 11 is 0. The fraction of sp³-hybridized carbons (Fsp3) is 0.188. The van der Waals surface area contributed by atoms with E-state index in [1.54, 1.807) is 6.07 Å². The minimum Gasteiger partial charge on any atom is -0.473 e. The molecule has 2 rings (SSSR count). The Morgan fingerprint density at radius 3 is 2.54 bits per heavy atom. The average molecular weight is 350 g/mol. The molecule has 0 bridgehead atoms. The zero-order chi connectivity index (χ0) is 17.7. The number of nitrogens with one attached hydrogen (secondary N) is 2. The van der Waals surface area contributed by atoms with Crippen LogP contribution in [-0.4, -0.2) is 25.7 Å².